The molecule has 29 heavy (non-hydrogen) atoms. The molecule has 1 saturated carbocycles. The fourth-order valence-corrected chi connectivity index (χ4v) is 4.72. The molecule has 0 spiro atoms. The van der Waals surface area contributed by atoms with Crippen molar-refractivity contribution in [2.45, 2.75) is 37.0 Å². The van der Waals surface area contributed by atoms with Crippen molar-refractivity contribution in [2.75, 3.05) is 23.0 Å². The second-order valence-electron chi connectivity index (χ2n) is 7.17. The third-order valence-electron chi connectivity index (χ3n) is 4.84. The van der Waals surface area contributed by atoms with E-state index in [0.717, 1.165) is 31.9 Å². The number of nitrogens with zero attached hydrogens (tertiary/aromatic N) is 2. The quantitative estimate of drug-likeness (QED) is 0.686. The zero-order valence-corrected chi connectivity index (χ0v) is 17.6. The molecule has 2 aromatic rings. The third-order valence-corrected chi connectivity index (χ3v) is 6.77. The van der Waals surface area contributed by atoms with E-state index in [0.29, 0.717) is 29.0 Å². The molecule has 0 atom stereocenters. The number of aromatic nitrogens is 1. The molecule has 1 aromatic heterocycles. The van der Waals surface area contributed by atoms with E-state index < -0.39 is 15.8 Å². The van der Waals surface area contributed by atoms with Gasteiger partial charge in [-0.2, -0.15) is 0 Å². The number of anilines is 2. The first kappa shape index (κ1) is 21.3. The van der Waals surface area contributed by atoms with Gasteiger partial charge in [0.25, 0.3) is 0 Å². The lowest BCUT2D eigenvalue weighted by Crippen LogP contribution is -2.38. The van der Waals surface area contributed by atoms with Gasteiger partial charge in [-0.25, -0.2) is 18.2 Å². The van der Waals surface area contributed by atoms with Gasteiger partial charge in [0.2, 0.25) is 0 Å². The second-order valence-corrected chi connectivity index (χ2v) is 10.0. The number of urea groups is 1. The summed E-state index contributed by atoms with van der Waals surface area (Å²) in [7, 11) is -3.32. The van der Waals surface area contributed by atoms with Gasteiger partial charge in [-0.3, -0.25) is 15.0 Å². The lowest BCUT2D eigenvalue weighted by Gasteiger charge is -2.26. The summed E-state index contributed by atoms with van der Waals surface area (Å²) >= 11 is 1.17. The Kier molecular flexibility index (Phi) is 6.53. The van der Waals surface area contributed by atoms with Crippen LogP contribution in [-0.2, 0) is 21.1 Å². The number of carbonyl (C=O) groups is 2. The van der Waals surface area contributed by atoms with E-state index in [-0.39, 0.29) is 17.3 Å². The number of thiazole rings is 1. The van der Waals surface area contributed by atoms with Crippen molar-refractivity contribution in [1.82, 2.24) is 4.98 Å². The number of hydrogen-bond acceptors (Lipinski definition) is 6. The van der Waals surface area contributed by atoms with E-state index in [4.69, 9.17) is 5.11 Å². The van der Waals surface area contributed by atoms with Gasteiger partial charge >= 0.3 is 12.0 Å². The number of aliphatic carboxylic acids is 1. The first-order chi connectivity index (χ1) is 13.7. The molecule has 0 saturated heterocycles. The highest BCUT2D eigenvalue weighted by atomic mass is 32.2. The Morgan fingerprint density at radius 3 is 2.48 bits per heavy atom. The monoisotopic (exact) mass is 437 g/mol. The number of carboxylic acid groups (broad SMARTS) is 1. The molecule has 1 aromatic carbocycles. The number of hydrogen-bond donors (Lipinski definition) is 2. The average molecular weight is 438 g/mol. The van der Waals surface area contributed by atoms with Crippen LogP contribution in [0.2, 0.25) is 0 Å². The van der Waals surface area contributed by atoms with E-state index in [2.05, 4.69) is 10.3 Å². The van der Waals surface area contributed by atoms with E-state index >= 15 is 0 Å². The van der Waals surface area contributed by atoms with Gasteiger partial charge in [0.05, 0.1) is 17.0 Å². The Morgan fingerprint density at radius 1 is 1.24 bits per heavy atom. The molecular weight excluding hydrogens is 414 g/mol. The van der Waals surface area contributed by atoms with Gasteiger partial charge in [0.15, 0.2) is 15.0 Å². The Labute approximate surface area is 173 Å². The molecule has 8 nitrogen and oxygen atoms in total. The van der Waals surface area contributed by atoms with Crippen LogP contribution in [0.3, 0.4) is 0 Å². The first-order valence-electron chi connectivity index (χ1n) is 9.27. The lowest BCUT2D eigenvalue weighted by atomic mass is 10.1. The van der Waals surface area contributed by atoms with Crippen molar-refractivity contribution in [3.05, 3.63) is 35.3 Å². The average Bonchev–Trinajstić information content (AvgIpc) is 3.30. The van der Waals surface area contributed by atoms with Crippen molar-refractivity contribution in [1.29, 1.82) is 0 Å². The van der Waals surface area contributed by atoms with Crippen LogP contribution < -0.4 is 10.2 Å². The maximum Gasteiger partial charge on any atom is 0.328 e. The Morgan fingerprint density at radius 2 is 1.90 bits per heavy atom. The van der Waals surface area contributed by atoms with Crippen LogP contribution in [0.1, 0.15) is 31.4 Å². The molecule has 0 aliphatic heterocycles. The molecule has 1 aliphatic rings. The molecule has 3 rings (SSSR count). The summed E-state index contributed by atoms with van der Waals surface area (Å²) in [5, 5.41) is 13.5. The molecule has 2 N–H and O–H groups in total. The molecule has 10 heteroatoms. The summed E-state index contributed by atoms with van der Waals surface area (Å²) in [6, 6.07) is 5.87. The van der Waals surface area contributed by atoms with Crippen LogP contribution in [0, 0.1) is 5.92 Å². The normalized spacial score (nSPS) is 14.7. The number of benzene rings is 1. The molecule has 2 amide bonds. The maximum absolute atomic E-state index is 13.0. The summed E-state index contributed by atoms with van der Waals surface area (Å²) in [4.78, 5) is 29.7. The SMILES string of the molecule is CS(=O)(=O)c1ccc(N(CC2CCCC2)C(=O)Nc2nc(CC(=O)O)cs2)cc1. The van der Waals surface area contributed by atoms with E-state index in [1.807, 2.05) is 0 Å². The van der Waals surface area contributed by atoms with Crippen molar-refractivity contribution >= 4 is 44.0 Å². The second kappa shape index (κ2) is 8.91. The molecular formula is C19H23N3O5S2. The van der Waals surface area contributed by atoms with Gasteiger partial charge in [0.1, 0.15) is 0 Å². The van der Waals surface area contributed by atoms with Gasteiger partial charge in [-0.15, -0.1) is 11.3 Å². The summed E-state index contributed by atoms with van der Waals surface area (Å²) < 4.78 is 23.4. The highest BCUT2D eigenvalue weighted by Crippen LogP contribution is 2.29. The smallest absolute Gasteiger partial charge is 0.328 e. The summed E-state index contributed by atoms with van der Waals surface area (Å²) in [6.45, 7) is 0.525. The molecule has 156 valence electrons. The number of carboxylic acids is 1. The highest BCUT2D eigenvalue weighted by Gasteiger charge is 2.24. The van der Waals surface area contributed by atoms with Crippen LogP contribution in [0.15, 0.2) is 34.5 Å². The lowest BCUT2D eigenvalue weighted by molar-refractivity contribution is -0.136. The summed E-state index contributed by atoms with van der Waals surface area (Å²) in [6.07, 6.45) is 5.31. The van der Waals surface area contributed by atoms with Crippen LogP contribution in [0.25, 0.3) is 0 Å². The van der Waals surface area contributed by atoms with E-state index in [1.165, 1.54) is 23.5 Å². The van der Waals surface area contributed by atoms with Crippen LogP contribution in [0.5, 0.6) is 0 Å². The van der Waals surface area contributed by atoms with Crippen molar-refractivity contribution in [3.63, 3.8) is 0 Å². The minimum atomic E-state index is -3.32. The standard InChI is InChI=1S/C19H23N3O5S2/c1-29(26,27)16-8-6-15(7-9-16)22(11-13-4-2-3-5-13)19(25)21-18-20-14(12-28-18)10-17(23)24/h6-9,12-13H,2-5,10-11H2,1H3,(H,23,24)(H,20,21,25). The topological polar surface area (TPSA) is 117 Å². The predicted molar refractivity (Wildman–Crippen MR) is 111 cm³/mol. The van der Waals surface area contributed by atoms with Gasteiger partial charge in [0, 0.05) is 23.9 Å². The predicted octanol–water partition coefficient (Wildman–Crippen LogP) is 3.40. The number of rotatable bonds is 7. The van der Waals surface area contributed by atoms with E-state index in [1.54, 1.807) is 22.4 Å². The fourth-order valence-electron chi connectivity index (χ4n) is 3.39. The Bertz CT molecular complexity index is 980. The zero-order valence-electron chi connectivity index (χ0n) is 16.0. The molecule has 0 unspecified atom stereocenters. The fraction of sp³-hybridized carbons (Fsp3) is 0.421. The van der Waals surface area contributed by atoms with Gasteiger partial charge in [-0.1, -0.05) is 12.8 Å². The van der Waals surface area contributed by atoms with Crippen molar-refractivity contribution in [2.24, 2.45) is 5.92 Å². The Hall–Kier alpha value is -2.46. The van der Waals surface area contributed by atoms with Crippen LogP contribution in [0.4, 0.5) is 15.6 Å². The van der Waals surface area contributed by atoms with Gasteiger partial charge < -0.3 is 5.11 Å². The molecule has 1 heterocycles. The van der Waals surface area contributed by atoms with Gasteiger partial charge in [-0.05, 0) is 43.0 Å². The largest absolute Gasteiger partial charge is 0.481 e. The molecule has 1 fully saturated rings. The molecule has 0 bridgehead atoms. The zero-order chi connectivity index (χ0) is 21.0. The summed E-state index contributed by atoms with van der Waals surface area (Å²) in [5.74, 6) is -0.601. The van der Waals surface area contributed by atoms with E-state index in [9.17, 15) is 18.0 Å². The number of nitrogens with one attached hydrogen (secondary N) is 1. The minimum Gasteiger partial charge on any atom is -0.481 e. The van der Waals surface area contributed by atoms with Crippen molar-refractivity contribution < 1.29 is 23.1 Å². The first-order valence-corrected chi connectivity index (χ1v) is 12.0. The summed E-state index contributed by atoms with van der Waals surface area (Å²) in [5.41, 5.74) is 0.988. The van der Waals surface area contributed by atoms with Crippen LogP contribution in [-0.4, -0.2) is 43.3 Å². The molecule has 1 aliphatic carbocycles. The third kappa shape index (κ3) is 5.77. The maximum atomic E-state index is 13.0. The van der Waals surface area contributed by atoms with Crippen LogP contribution >= 0.6 is 11.3 Å². The Balaban J connectivity index is 1.79. The van der Waals surface area contributed by atoms with Crippen molar-refractivity contribution in [3.8, 4) is 0 Å². The number of carbonyl (C=O) groups excluding carboxylic acids is 1. The minimum absolute atomic E-state index is 0.195. The molecule has 0 radical (unpaired) electrons. The highest BCUT2D eigenvalue weighted by molar-refractivity contribution is 7.90. The number of amides is 2. The number of sulfone groups is 1.